The SMILES string of the molecule is C=NC=N/C=C\C(C)C. The van der Waals surface area contributed by atoms with Crippen molar-refractivity contribution in [2.45, 2.75) is 13.8 Å². The normalized spacial score (nSPS) is 11.9. The third-order valence-electron chi connectivity index (χ3n) is 0.705. The molecule has 0 aliphatic carbocycles. The molecule has 0 spiro atoms. The van der Waals surface area contributed by atoms with Gasteiger partial charge in [0.25, 0.3) is 0 Å². The summed E-state index contributed by atoms with van der Waals surface area (Å²) in [5, 5.41) is 0. The van der Waals surface area contributed by atoms with E-state index in [4.69, 9.17) is 0 Å². The molecule has 0 heterocycles. The van der Waals surface area contributed by atoms with Crippen molar-refractivity contribution in [2.24, 2.45) is 15.9 Å². The Morgan fingerprint density at radius 3 is 2.56 bits per heavy atom. The molecule has 0 saturated carbocycles. The first-order chi connectivity index (χ1) is 4.27. The van der Waals surface area contributed by atoms with E-state index in [1.807, 2.05) is 6.08 Å². The smallest absolute Gasteiger partial charge is 0.114 e. The minimum absolute atomic E-state index is 0.548. The van der Waals surface area contributed by atoms with Gasteiger partial charge in [-0.2, -0.15) is 0 Å². The average Bonchev–Trinajstić information content (AvgIpc) is 1.80. The molecule has 0 aliphatic rings. The van der Waals surface area contributed by atoms with Crippen molar-refractivity contribution in [2.75, 3.05) is 0 Å². The van der Waals surface area contributed by atoms with E-state index in [0.29, 0.717) is 5.92 Å². The van der Waals surface area contributed by atoms with Crippen LogP contribution >= 0.6 is 0 Å². The van der Waals surface area contributed by atoms with Gasteiger partial charge in [0.15, 0.2) is 0 Å². The molecule has 50 valence electrons. The lowest BCUT2D eigenvalue weighted by Crippen LogP contribution is -1.74. The van der Waals surface area contributed by atoms with Crippen LogP contribution in [-0.4, -0.2) is 13.1 Å². The molecule has 0 amide bonds. The van der Waals surface area contributed by atoms with Crippen LogP contribution in [-0.2, 0) is 0 Å². The van der Waals surface area contributed by atoms with Gasteiger partial charge >= 0.3 is 0 Å². The zero-order valence-electron chi connectivity index (χ0n) is 5.91. The molecule has 0 atom stereocenters. The maximum absolute atomic E-state index is 3.80. The summed E-state index contributed by atoms with van der Waals surface area (Å²) in [6.45, 7) is 7.43. The van der Waals surface area contributed by atoms with Gasteiger partial charge in [0.05, 0.1) is 0 Å². The van der Waals surface area contributed by atoms with E-state index in [-0.39, 0.29) is 0 Å². The van der Waals surface area contributed by atoms with Gasteiger partial charge in [-0.15, -0.1) is 0 Å². The van der Waals surface area contributed by atoms with E-state index in [1.54, 1.807) is 6.20 Å². The highest BCUT2D eigenvalue weighted by Gasteiger charge is 1.78. The molecule has 0 fully saturated rings. The van der Waals surface area contributed by atoms with Gasteiger partial charge in [0, 0.05) is 6.20 Å². The van der Waals surface area contributed by atoms with E-state index in [0.717, 1.165) is 0 Å². The van der Waals surface area contributed by atoms with Gasteiger partial charge in [-0.25, -0.2) is 4.99 Å². The highest BCUT2D eigenvalue weighted by molar-refractivity contribution is 5.62. The summed E-state index contributed by atoms with van der Waals surface area (Å²) in [4.78, 5) is 7.23. The monoisotopic (exact) mass is 124 g/mol. The van der Waals surface area contributed by atoms with Gasteiger partial charge in [0.2, 0.25) is 0 Å². The lowest BCUT2D eigenvalue weighted by Gasteiger charge is -1.87. The zero-order valence-corrected chi connectivity index (χ0v) is 5.91. The standard InChI is InChI=1S/C7H12N2/c1-7(2)4-5-9-6-8-3/h4-7H,3H2,1-2H3/b5-4-,9-6?. The van der Waals surface area contributed by atoms with Crippen molar-refractivity contribution in [3.05, 3.63) is 12.3 Å². The fourth-order valence-electron chi connectivity index (χ4n) is 0.307. The Hall–Kier alpha value is -0.920. The van der Waals surface area contributed by atoms with Crippen molar-refractivity contribution < 1.29 is 0 Å². The molecule has 0 radical (unpaired) electrons. The average molecular weight is 124 g/mol. The van der Waals surface area contributed by atoms with Crippen molar-refractivity contribution in [1.82, 2.24) is 0 Å². The molecule has 9 heavy (non-hydrogen) atoms. The zero-order chi connectivity index (χ0) is 7.11. The first-order valence-corrected chi connectivity index (χ1v) is 2.91. The molecule has 0 aromatic rings. The molecule has 0 aliphatic heterocycles. The second kappa shape index (κ2) is 5.22. The van der Waals surface area contributed by atoms with Crippen LogP contribution in [0.25, 0.3) is 0 Å². The predicted octanol–water partition coefficient (Wildman–Crippen LogP) is 1.89. The summed E-state index contributed by atoms with van der Waals surface area (Å²) in [7, 11) is 0. The molecule has 0 bridgehead atoms. The van der Waals surface area contributed by atoms with Gasteiger partial charge in [0.1, 0.15) is 6.34 Å². The first-order valence-electron chi connectivity index (χ1n) is 2.91. The Labute approximate surface area is 56.0 Å². The van der Waals surface area contributed by atoms with E-state index >= 15 is 0 Å². The summed E-state index contributed by atoms with van der Waals surface area (Å²) in [5.41, 5.74) is 0. The van der Waals surface area contributed by atoms with Gasteiger partial charge < -0.3 is 0 Å². The fourth-order valence-corrected chi connectivity index (χ4v) is 0.307. The number of rotatable bonds is 3. The van der Waals surface area contributed by atoms with Crippen LogP contribution in [0.3, 0.4) is 0 Å². The first kappa shape index (κ1) is 8.08. The van der Waals surface area contributed by atoms with Crippen LogP contribution in [0.15, 0.2) is 22.3 Å². The third kappa shape index (κ3) is 7.08. The van der Waals surface area contributed by atoms with Crippen LogP contribution in [0, 0.1) is 5.92 Å². The van der Waals surface area contributed by atoms with E-state index in [1.165, 1.54) is 6.34 Å². The lowest BCUT2D eigenvalue weighted by molar-refractivity contribution is 0.829. The molecule has 0 aromatic carbocycles. The Morgan fingerprint density at radius 1 is 1.44 bits per heavy atom. The van der Waals surface area contributed by atoms with E-state index in [9.17, 15) is 0 Å². The number of aliphatic imine (C=N–C) groups is 2. The summed E-state index contributed by atoms with van der Waals surface area (Å²) in [5.74, 6) is 0.548. The van der Waals surface area contributed by atoms with Gasteiger partial charge in [-0.05, 0) is 12.6 Å². The fraction of sp³-hybridized carbons (Fsp3) is 0.429. The molecule has 0 unspecified atom stereocenters. The summed E-state index contributed by atoms with van der Waals surface area (Å²) >= 11 is 0. The highest BCUT2D eigenvalue weighted by atomic mass is 14.8. The van der Waals surface area contributed by atoms with E-state index in [2.05, 4.69) is 30.5 Å². The van der Waals surface area contributed by atoms with E-state index < -0.39 is 0 Å². The maximum Gasteiger partial charge on any atom is 0.114 e. The molecule has 0 saturated heterocycles. The minimum atomic E-state index is 0.548. The lowest BCUT2D eigenvalue weighted by atomic mass is 10.2. The topological polar surface area (TPSA) is 24.7 Å². The Balaban J connectivity index is 3.46. The molecule has 0 rings (SSSR count). The molecule has 0 N–H and O–H groups in total. The predicted molar refractivity (Wildman–Crippen MR) is 42.0 cm³/mol. The molecule has 2 heteroatoms. The van der Waals surface area contributed by atoms with Crippen LogP contribution in [0.1, 0.15) is 13.8 Å². The Kier molecular flexibility index (Phi) is 4.69. The quantitative estimate of drug-likeness (QED) is 0.405. The second-order valence-electron chi connectivity index (χ2n) is 2.03. The van der Waals surface area contributed by atoms with Crippen molar-refractivity contribution in [3.8, 4) is 0 Å². The number of allylic oxidation sites excluding steroid dienone is 1. The van der Waals surface area contributed by atoms with Crippen LogP contribution < -0.4 is 0 Å². The van der Waals surface area contributed by atoms with Crippen molar-refractivity contribution in [1.29, 1.82) is 0 Å². The number of nitrogens with zero attached hydrogens (tertiary/aromatic N) is 2. The van der Waals surface area contributed by atoms with Crippen molar-refractivity contribution in [3.63, 3.8) is 0 Å². The van der Waals surface area contributed by atoms with Crippen molar-refractivity contribution >= 4 is 13.1 Å². The summed E-state index contributed by atoms with van der Waals surface area (Å²) in [6, 6.07) is 0. The summed E-state index contributed by atoms with van der Waals surface area (Å²) in [6.07, 6.45) is 5.12. The van der Waals surface area contributed by atoms with Gasteiger partial charge in [-0.3, -0.25) is 4.99 Å². The number of hydrogen-bond donors (Lipinski definition) is 0. The van der Waals surface area contributed by atoms with Crippen LogP contribution in [0.2, 0.25) is 0 Å². The maximum atomic E-state index is 3.80. The minimum Gasteiger partial charge on any atom is -0.253 e. The highest BCUT2D eigenvalue weighted by Crippen LogP contribution is 1.92. The number of hydrogen-bond acceptors (Lipinski definition) is 1. The van der Waals surface area contributed by atoms with Crippen LogP contribution in [0.5, 0.6) is 0 Å². The largest absolute Gasteiger partial charge is 0.253 e. The molecule has 0 aromatic heterocycles. The Morgan fingerprint density at radius 2 is 2.11 bits per heavy atom. The molecule has 2 nitrogen and oxygen atoms in total. The second-order valence-corrected chi connectivity index (χ2v) is 2.03. The molecular weight excluding hydrogens is 112 g/mol. The third-order valence-corrected chi connectivity index (χ3v) is 0.705. The van der Waals surface area contributed by atoms with Gasteiger partial charge in [-0.1, -0.05) is 19.9 Å². The summed E-state index contributed by atoms with van der Waals surface area (Å²) < 4.78 is 0. The Bertz CT molecular complexity index is 123. The van der Waals surface area contributed by atoms with Crippen LogP contribution in [0.4, 0.5) is 0 Å². The molecular formula is C7H12N2.